The SMILES string of the molecule is COc1ccc([Si](C)(C)[C@H]2[C@H](CCO)O[C@@]3(C(=O)N(Cc4ccc(N5CCOC5=O)cc4)c4ccccc43)[C@@H]2C)cc1. The highest BCUT2D eigenvalue weighted by Gasteiger charge is 2.66. The molecule has 3 heterocycles. The molecule has 2 saturated heterocycles. The van der Waals surface area contributed by atoms with Crippen LogP contribution in [0, 0.1) is 5.92 Å². The van der Waals surface area contributed by atoms with Crippen LogP contribution in [-0.4, -0.2) is 58.2 Å². The lowest BCUT2D eigenvalue weighted by atomic mass is 9.82. The lowest BCUT2D eigenvalue weighted by Crippen LogP contribution is -2.51. The van der Waals surface area contributed by atoms with Crippen LogP contribution < -0.4 is 19.7 Å². The van der Waals surface area contributed by atoms with Crippen LogP contribution in [0.25, 0.3) is 0 Å². The number of cyclic esters (lactones) is 1. The first-order chi connectivity index (χ1) is 20.2. The highest BCUT2D eigenvalue weighted by Crippen LogP contribution is 2.60. The number of anilines is 2. The normalized spacial score (nSPS) is 25.3. The molecule has 220 valence electrons. The van der Waals surface area contributed by atoms with Gasteiger partial charge in [-0.2, -0.15) is 0 Å². The van der Waals surface area contributed by atoms with Gasteiger partial charge < -0.3 is 24.2 Å². The molecule has 3 aromatic carbocycles. The van der Waals surface area contributed by atoms with E-state index in [4.69, 9.17) is 14.2 Å². The van der Waals surface area contributed by atoms with Crippen molar-refractivity contribution in [3.8, 4) is 5.75 Å². The van der Waals surface area contributed by atoms with E-state index in [0.717, 1.165) is 28.3 Å². The molecule has 0 saturated carbocycles. The standard InChI is InChI=1S/C33H38N2O6Si/c1-22-30(42(3,4)26-15-13-25(39-2)14-16-26)29(17-19-36)41-33(22)27-7-5-6-8-28(27)35(31(33)37)21-23-9-11-24(12-10-23)34-18-20-40-32(34)38/h5-16,22,29-30,36H,17-21H2,1-4H3/t22-,29+,30-,33+/m1/s1. The van der Waals surface area contributed by atoms with Crippen molar-refractivity contribution in [3.05, 3.63) is 83.9 Å². The molecule has 42 heavy (non-hydrogen) atoms. The second-order valence-electron chi connectivity index (χ2n) is 12.0. The number of nitrogens with zero attached hydrogens (tertiary/aromatic N) is 2. The zero-order valence-electron chi connectivity index (χ0n) is 24.6. The number of benzene rings is 3. The summed E-state index contributed by atoms with van der Waals surface area (Å²) in [5, 5.41) is 11.3. The summed E-state index contributed by atoms with van der Waals surface area (Å²) in [5.41, 5.74) is 2.44. The number of carbonyl (C=O) groups excluding carboxylic acids is 2. The van der Waals surface area contributed by atoms with E-state index in [2.05, 4.69) is 32.2 Å². The van der Waals surface area contributed by atoms with E-state index in [1.54, 1.807) is 12.0 Å². The van der Waals surface area contributed by atoms with E-state index >= 15 is 0 Å². The molecule has 3 aliphatic rings. The predicted octanol–water partition coefficient (Wildman–Crippen LogP) is 4.80. The predicted molar refractivity (Wildman–Crippen MR) is 164 cm³/mol. The first kappa shape index (κ1) is 28.5. The zero-order chi connectivity index (χ0) is 29.6. The van der Waals surface area contributed by atoms with Gasteiger partial charge in [0.1, 0.15) is 12.4 Å². The molecule has 0 aliphatic carbocycles. The van der Waals surface area contributed by atoms with Crippen molar-refractivity contribution in [2.75, 3.05) is 36.7 Å². The van der Waals surface area contributed by atoms with Crippen molar-refractivity contribution in [3.63, 3.8) is 0 Å². The lowest BCUT2D eigenvalue weighted by molar-refractivity contribution is -0.146. The van der Waals surface area contributed by atoms with E-state index in [9.17, 15) is 14.7 Å². The van der Waals surface area contributed by atoms with Gasteiger partial charge in [0, 0.05) is 23.8 Å². The highest BCUT2D eigenvalue weighted by molar-refractivity contribution is 6.91. The number of carbonyl (C=O) groups is 2. The Morgan fingerprint density at radius 1 is 1.02 bits per heavy atom. The van der Waals surface area contributed by atoms with E-state index in [1.807, 2.05) is 65.6 Å². The molecule has 9 heteroatoms. The van der Waals surface area contributed by atoms with Gasteiger partial charge in [0.15, 0.2) is 5.60 Å². The van der Waals surface area contributed by atoms with Crippen molar-refractivity contribution in [1.29, 1.82) is 0 Å². The highest BCUT2D eigenvalue weighted by atomic mass is 28.3. The number of aliphatic hydroxyl groups is 1. The number of ether oxygens (including phenoxy) is 3. The van der Waals surface area contributed by atoms with Crippen LogP contribution in [0.5, 0.6) is 5.75 Å². The van der Waals surface area contributed by atoms with Gasteiger partial charge in [0.2, 0.25) is 0 Å². The molecule has 0 bridgehead atoms. The number of methoxy groups -OCH3 is 1. The molecule has 2 fully saturated rings. The second-order valence-corrected chi connectivity index (χ2v) is 16.7. The Morgan fingerprint density at radius 3 is 2.38 bits per heavy atom. The number of hydrogen-bond donors (Lipinski definition) is 1. The molecule has 0 aromatic heterocycles. The number of rotatable bonds is 8. The smallest absolute Gasteiger partial charge is 0.414 e. The number of fused-ring (bicyclic) bond motifs is 2. The fraction of sp³-hybridized carbons (Fsp3) is 0.394. The summed E-state index contributed by atoms with van der Waals surface area (Å²) in [6, 6.07) is 23.9. The van der Waals surface area contributed by atoms with Gasteiger partial charge in [-0.25, -0.2) is 4.79 Å². The van der Waals surface area contributed by atoms with Crippen LogP contribution in [0.2, 0.25) is 18.6 Å². The molecule has 2 amide bonds. The van der Waals surface area contributed by atoms with Crippen molar-refractivity contribution in [2.45, 2.75) is 50.2 Å². The van der Waals surface area contributed by atoms with Crippen molar-refractivity contribution in [1.82, 2.24) is 0 Å². The van der Waals surface area contributed by atoms with Crippen LogP contribution in [-0.2, 0) is 26.4 Å². The maximum atomic E-state index is 14.6. The fourth-order valence-corrected chi connectivity index (χ4v) is 11.5. The number of hydrogen-bond acceptors (Lipinski definition) is 6. The molecular weight excluding hydrogens is 548 g/mol. The Hall–Kier alpha value is -3.66. The summed E-state index contributed by atoms with van der Waals surface area (Å²) in [7, 11) is -0.551. The molecule has 1 N–H and O–H groups in total. The van der Waals surface area contributed by atoms with Gasteiger partial charge in [-0.15, -0.1) is 0 Å². The Labute approximate surface area is 247 Å². The van der Waals surface area contributed by atoms with Crippen LogP contribution in [0.1, 0.15) is 24.5 Å². The minimum Gasteiger partial charge on any atom is -0.497 e. The van der Waals surface area contributed by atoms with Crippen LogP contribution >= 0.6 is 0 Å². The third-order valence-electron chi connectivity index (χ3n) is 9.51. The zero-order valence-corrected chi connectivity index (χ0v) is 25.6. The van der Waals surface area contributed by atoms with Gasteiger partial charge >= 0.3 is 6.09 Å². The lowest BCUT2D eigenvalue weighted by Gasteiger charge is -2.37. The average molecular weight is 587 g/mol. The Morgan fingerprint density at radius 2 is 1.74 bits per heavy atom. The maximum absolute atomic E-state index is 14.6. The number of amides is 2. The van der Waals surface area contributed by atoms with E-state index in [1.165, 1.54) is 5.19 Å². The van der Waals surface area contributed by atoms with Crippen molar-refractivity contribution >= 4 is 36.6 Å². The number of aliphatic hydroxyl groups excluding tert-OH is 1. The third kappa shape index (κ3) is 4.42. The second kappa shape index (κ2) is 10.9. The summed E-state index contributed by atoms with van der Waals surface area (Å²) in [6.45, 7) is 8.12. The maximum Gasteiger partial charge on any atom is 0.414 e. The van der Waals surface area contributed by atoms with E-state index in [0.29, 0.717) is 26.1 Å². The molecule has 1 spiro atoms. The molecule has 3 aromatic rings. The Bertz CT molecular complexity index is 1480. The Balaban J connectivity index is 1.34. The topological polar surface area (TPSA) is 88.5 Å². The van der Waals surface area contributed by atoms with E-state index < -0.39 is 13.7 Å². The van der Waals surface area contributed by atoms with Crippen LogP contribution in [0.15, 0.2) is 72.8 Å². The van der Waals surface area contributed by atoms with Gasteiger partial charge in [-0.3, -0.25) is 9.69 Å². The van der Waals surface area contributed by atoms with Crippen LogP contribution in [0.3, 0.4) is 0 Å². The molecule has 6 rings (SSSR count). The first-order valence-corrected chi connectivity index (χ1v) is 17.7. The minimum atomic E-state index is -2.22. The number of para-hydroxylation sites is 1. The largest absolute Gasteiger partial charge is 0.497 e. The van der Waals surface area contributed by atoms with Gasteiger partial charge in [0.05, 0.1) is 40.1 Å². The van der Waals surface area contributed by atoms with Crippen molar-refractivity contribution < 1.29 is 28.9 Å². The van der Waals surface area contributed by atoms with E-state index in [-0.39, 0.29) is 36.2 Å². The Kier molecular flexibility index (Phi) is 7.37. The first-order valence-electron chi connectivity index (χ1n) is 14.6. The average Bonchev–Trinajstić information content (AvgIpc) is 3.63. The molecule has 3 aliphatic heterocycles. The summed E-state index contributed by atoms with van der Waals surface area (Å²) in [5.74, 6) is 0.639. The van der Waals surface area contributed by atoms with Gasteiger partial charge in [-0.05, 0) is 47.9 Å². The molecule has 0 unspecified atom stereocenters. The monoisotopic (exact) mass is 586 g/mol. The minimum absolute atomic E-state index is 0.00643. The molecule has 8 nitrogen and oxygen atoms in total. The summed E-state index contributed by atoms with van der Waals surface area (Å²) in [6.07, 6.45) is -0.127. The fourth-order valence-electron chi connectivity index (χ4n) is 7.41. The summed E-state index contributed by atoms with van der Waals surface area (Å²) >= 11 is 0. The summed E-state index contributed by atoms with van der Waals surface area (Å²) < 4.78 is 17.4. The third-order valence-corrected chi connectivity index (χ3v) is 13.9. The van der Waals surface area contributed by atoms with Crippen molar-refractivity contribution in [2.24, 2.45) is 5.92 Å². The quantitative estimate of drug-likeness (QED) is 0.382. The summed E-state index contributed by atoms with van der Waals surface area (Å²) in [4.78, 5) is 30.1. The van der Waals surface area contributed by atoms with Crippen LogP contribution in [0.4, 0.5) is 16.2 Å². The van der Waals surface area contributed by atoms with Gasteiger partial charge in [0.25, 0.3) is 5.91 Å². The molecule has 4 atom stereocenters. The molecular formula is C33H38N2O6Si. The van der Waals surface area contributed by atoms with Gasteiger partial charge in [-0.1, -0.05) is 67.7 Å². The molecule has 0 radical (unpaired) electrons.